The molecule has 0 N–H and O–H groups in total. The largest absolute Gasteiger partial charge is 0.264 e. The van der Waals surface area contributed by atoms with E-state index in [0.29, 0.717) is 17.5 Å². The lowest BCUT2D eigenvalue weighted by Gasteiger charge is -2.26. The molecule has 5 aromatic rings. The van der Waals surface area contributed by atoms with Gasteiger partial charge in [0.1, 0.15) is 0 Å². The van der Waals surface area contributed by atoms with Crippen molar-refractivity contribution in [1.82, 2.24) is 15.0 Å². The summed E-state index contributed by atoms with van der Waals surface area (Å²) in [6, 6.07) is 37.2. The fraction of sp³-hybridized carbons (Fsp3) is 0.111. The second-order valence-electron chi connectivity index (χ2n) is 10.1. The molecule has 0 aliphatic rings. The molecular weight excluding hydrogens is 488 g/mol. The Morgan fingerprint density at radius 3 is 1.48 bits per heavy atom. The van der Waals surface area contributed by atoms with Crippen LogP contribution in [0.4, 0.5) is 0 Å². The van der Waals surface area contributed by atoms with E-state index in [9.17, 15) is 0 Å². The summed E-state index contributed by atoms with van der Waals surface area (Å²) in [7, 11) is 0. The lowest BCUT2D eigenvalue weighted by Crippen LogP contribution is -2.18. The van der Waals surface area contributed by atoms with Crippen LogP contribution < -0.4 is 0 Å². The molecule has 0 amide bonds. The monoisotopic (exact) mass is 520 g/mol. The fourth-order valence-electron chi connectivity index (χ4n) is 4.63. The Kier molecular flexibility index (Phi) is 7.88. The number of hydrogen-bond acceptors (Lipinski definition) is 4. The molecule has 1 aromatic heterocycles. The van der Waals surface area contributed by atoms with Gasteiger partial charge in [0, 0.05) is 27.7 Å². The van der Waals surface area contributed by atoms with E-state index < -0.39 is 0 Å². The zero-order valence-corrected chi connectivity index (χ0v) is 23.1. The molecule has 0 saturated heterocycles. The van der Waals surface area contributed by atoms with Crippen molar-refractivity contribution in [3.05, 3.63) is 144 Å². The summed E-state index contributed by atoms with van der Waals surface area (Å²) in [6.07, 6.45) is 5.93. The molecular formula is C36H32N4. The molecule has 0 radical (unpaired) electrons. The second-order valence-corrected chi connectivity index (χ2v) is 10.1. The van der Waals surface area contributed by atoms with E-state index in [-0.39, 0.29) is 5.41 Å². The van der Waals surface area contributed by atoms with Crippen LogP contribution in [0.15, 0.2) is 132 Å². The topological polar surface area (TPSA) is 51.0 Å². The predicted octanol–water partition coefficient (Wildman–Crippen LogP) is 8.82. The second kappa shape index (κ2) is 11.8. The average Bonchev–Trinajstić information content (AvgIpc) is 3.02. The van der Waals surface area contributed by atoms with Crippen LogP contribution in [0.25, 0.3) is 39.9 Å². The molecule has 0 spiro atoms. The summed E-state index contributed by atoms with van der Waals surface area (Å²) >= 11 is 0. The highest BCUT2D eigenvalue weighted by Crippen LogP contribution is 2.34. The minimum atomic E-state index is -0.199. The van der Waals surface area contributed by atoms with Gasteiger partial charge in [0.2, 0.25) is 0 Å². The van der Waals surface area contributed by atoms with Gasteiger partial charge in [-0.2, -0.15) is 0 Å². The minimum Gasteiger partial charge on any atom is -0.264 e. The lowest BCUT2D eigenvalue weighted by atomic mass is 9.77. The van der Waals surface area contributed by atoms with E-state index in [4.69, 9.17) is 15.0 Å². The van der Waals surface area contributed by atoms with Gasteiger partial charge < -0.3 is 0 Å². The van der Waals surface area contributed by atoms with Crippen molar-refractivity contribution in [2.45, 2.75) is 26.2 Å². The fourth-order valence-corrected chi connectivity index (χ4v) is 4.63. The Morgan fingerprint density at radius 2 is 1.05 bits per heavy atom. The van der Waals surface area contributed by atoms with Crippen LogP contribution in [0.5, 0.6) is 0 Å². The van der Waals surface area contributed by atoms with E-state index in [1.165, 1.54) is 11.1 Å². The third kappa shape index (κ3) is 5.71. The number of aliphatic imine (C=N–C) groups is 1. The van der Waals surface area contributed by atoms with E-state index in [0.717, 1.165) is 28.0 Å². The standard InChI is InChI=1S/C36H32N4/c1-5-6-17-32(37-4)26-18-22-30(23-19-26)36(2,3)31-24-20-29(21-25-31)35-39-33(27-13-9-7-10-14-27)38-34(40-35)28-15-11-8-12-16-28/h5-25H,4H2,1-3H3/b6-5-,32-17-. The Morgan fingerprint density at radius 1 is 0.625 bits per heavy atom. The van der Waals surface area contributed by atoms with Gasteiger partial charge in [-0.1, -0.05) is 135 Å². The lowest BCUT2D eigenvalue weighted by molar-refractivity contribution is 0.641. The molecule has 4 heteroatoms. The summed E-state index contributed by atoms with van der Waals surface area (Å²) in [4.78, 5) is 18.7. The van der Waals surface area contributed by atoms with Crippen molar-refractivity contribution in [1.29, 1.82) is 0 Å². The highest BCUT2D eigenvalue weighted by Gasteiger charge is 2.23. The summed E-state index contributed by atoms with van der Waals surface area (Å²) in [6.45, 7) is 10.2. The van der Waals surface area contributed by atoms with Crippen molar-refractivity contribution in [3.63, 3.8) is 0 Å². The SMILES string of the molecule is C=N/C(=C\C=C/C)c1ccc(C(C)(C)c2ccc(-c3nc(-c4ccccc4)nc(-c4ccccc4)n3)cc2)cc1. The van der Waals surface area contributed by atoms with Gasteiger partial charge in [-0.05, 0) is 30.8 Å². The van der Waals surface area contributed by atoms with Gasteiger partial charge in [-0.25, -0.2) is 15.0 Å². The van der Waals surface area contributed by atoms with Gasteiger partial charge in [0.15, 0.2) is 17.5 Å². The smallest absolute Gasteiger partial charge is 0.164 e. The van der Waals surface area contributed by atoms with Gasteiger partial charge in [-0.15, -0.1) is 0 Å². The number of benzene rings is 4. The molecule has 0 atom stereocenters. The molecule has 196 valence electrons. The summed E-state index contributed by atoms with van der Waals surface area (Å²) in [5.41, 5.74) is 6.99. The van der Waals surface area contributed by atoms with E-state index >= 15 is 0 Å². The van der Waals surface area contributed by atoms with Crippen molar-refractivity contribution >= 4 is 12.4 Å². The molecule has 5 rings (SSSR count). The quantitative estimate of drug-likeness (QED) is 0.152. The number of aromatic nitrogens is 3. The molecule has 4 nitrogen and oxygen atoms in total. The van der Waals surface area contributed by atoms with Crippen molar-refractivity contribution in [2.24, 2.45) is 4.99 Å². The van der Waals surface area contributed by atoms with E-state index in [1.807, 2.05) is 85.8 Å². The van der Waals surface area contributed by atoms with Crippen LogP contribution in [0.3, 0.4) is 0 Å². The number of allylic oxidation sites excluding steroid dienone is 3. The first-order chi connectivity index (χ1) is 19.5. The molecule has 0 saturated carbocycles. The van der Waals surface area contributed by atoms with Crippen LogP contribution in [0.1, 0.15) is 37.5 Å². The molecule has 0 aliphatic carbocycles. The molecule has 1 heterocycles. The van der Waals surface area contributed by atoms with Gasteiger partial charge in [0.25, 0.3) is 0 Å². The molecule has 0 bridgehead atoms. The average molecular weight is 521 g/mol. The van der Waals surface area contributed by atoms with Crippen molar-refractivity contribution in [3.8, 4) is 34.2 Å². The van der Waals surface area contributed by atoms with Crippen molar-refractivity contribution < 1.29 is 0 Å². The van der Waals surface area contributed by atoms with Gasteiger partial charge in [-0.3, -0.25) is 4.99 Å². The number of rotatable bonds is 8. The van der Waals surface area contributed by atoms with Gasteiger partial charge in [0.05, 0.1) is 5.70 Å². The highest BCUT2D eigenvalue weighted by molar-refractivity contribution is 5.70. The van der Waals surface area contributed by atoms with Crippen LogP contribution in [0, 0.1) is 0 Å². The first-order valence-electron chi connectivity index (χ1n) is 13.4. The van der Waals surface area contributed by atoms with Crippen LogP contribution in [0.2, 0.25) is 0 Å². The third-order valence-electron chi connectivity index (χ3n) is 7.08. The maximum Gasteiger partial charge on any atom is 0.164 e. The summed E-state index contributed by atoms with van der Waals surface area (Å²) in [5.74, 6) is 1.97. The minimum absolute atomic E-state index is 0.199. The van der Waals surface area contributed by atoms with Gasteiger partial charge >= 0.3 is 0 Å². The normalized spacial score (nSPS) is 12.0. The summed E-state index contributed by atoms with van der Waals surface area (Å²) in [5, 5.41) is 0. The first-order valence-corrected chi connectivity index (χ1v) is 13.4. The zero-order chi connectivity index (χ0) is 28.0. The Hall–Kier alpha value is -4.96. The number of hydrogen-bond donors (Lipinski definition) is 0. The predicted molar refractivity (Wildman–Crippen MR) is 167 cm³/mol. The molecule has 0 fully saturated rings. The first kappa shape index (κ1) is 26.6. The zero-order valence-electron chi connectivity index (χ0n) is 23.1. The number of nitrogens with zero attached hydrogens (tertiary/aromatic N) is 4. The Bertz CT molecular complexity index is 1590. The maximum absolute atomic E-state index is 4.86. The third-order valence-corrected chi connectivity index (χ3v) is 7.08. The van der Waals surface area contributed by atoms with Crippen LogP contribution >= 0.6 is 0 Å². The Labute approximate surface area is 236 Å². The Balaban J connectivity index is 1.48. The highest BCUT2D eigenvalue weighted by atomic mass is 15.0. The molecule has 0 unspecified atom stereocenters. The molecule has 40 heavy (non-hydrogen) atoms. The summed E-state index contributed by atoms with van der Waals surface area (Å²) < 4.78 is 0. The maximum atomic E-state index is 4.86. The van der Waals surface area contributed by atoms with E-state index in [2.05, 4.69) is 74.1 Å². The molecule has 0 aliphatic heterocycles. The molecule has 4 aromatic carbocycles. The van der Waals surface area contributed by atoms with Crippen LogP contribution in [-0.2, 0) is 5.41 Å². The van der Waals surface area contributed by atoms with E-state index in [1.54, 1.807) is 0 Å². The van der Waals surface area contributed by atoms with Crippen LogP contribution in [-0.4, -0.2) is 21.7 Å². The van der Waals surface area contributed by atoms with Crippen molar-refractivity contribution in [2.75, 3.05) is 0 Å².